The molecule has 0 aliphatic carbocycles. The molecule has 0 N–H and O–H groups in total. The van der Waals surface area contributed by atoms with E-state index < -0.39 is 11.8 Å². The standard InChI is InChI=1S/C12H21NO4/c1-12(2,3)17-11(15)16-9-10(14)13-7-5-4-6-8-13/h4-9H2,1-3H3. The zero-order valence-corrected chi connectivity index (χ0v) is 10.8. The molecular formula is C12H21NO4. The van der Waals surface area contributed by atoms with E-state index in [9.17, 15) is 9.59 Å². The number of carbonyl (C=O) groups is 2. The Balaban J connectivity index is 2.25. The van der Waals surface area contributed by atoms with E-state index in [4.69, 9.17) is 9.47 Å². The first kappa shape index (κ1) is 13.8. The largest absolute Gasteiger partial charge is 0.509 e. The predicted octanol–water partition coefficient (Wildman–Crippen LogP) is 1.95. The van der Waals surface area contributed by atoms with Gasteiger partial charge in [-0.2, -0.15) is 0 Å². The second kappa shape index (κ2) is 5.89. The molecule has 0 bridgehead atoms. The molecule has 1 amide bonds. The first-order valence-corrected chi connectivity index (χ1v) is 6.02. The van der Waals surface area contributed by atoms with Crippen LogP contribution in [0.25, 0.3) is 0 Å². The third-order valence-electron chi connectivity index (χ3n) is 2.41. The lowest BCUT2D eigenvalue weighted by Gasteiger charge is -2.26. The molecule has 17 heavy (non-hydrogen) atoms. The molecule has 0 aromatic rings. The minimum atomic E-state index is -0.789. The second-order valence-electron chi connectivity index (χ2n) is 5.19. The van der Waals surface area contributed by atoms with Crippen LogP contribution >= 0.6 is 0 Å². The van der Waals surface area contributed by atoms with Crippen molar-refractivity contribution in [3.63, 3.8) is 0 Å². The van der Waals surface area contributed by atoms with Gasteiger partial charge in [-0.1, -0.05) is 0 Å². The summed E-state index contributed by atoms with van der Waals surface area (Å²) in [5, 5.41) is 0. The molecule has 1 fully saturated rings. The van der Waals surface area contributed by atoms with Gasteiger partial charge in [0.1, 0.15) is 5.60 Å². The number of rotatable bonds is 2. The summed E-state index contributed by atoms with van der Waals surface area (Å²) in [6, 6.07) is 0. The molecule has 0 unspecified atom stereocenters. The minimum Gasteiger partial charge on any atom is -0.429 e. The Labute approximate surface area is 102 Å². The zero-order chi connectivity index (χ0) is 12.9. The molecule has 1 heterocycles. The van der Waals surface area contributed by atoms with Crippen LogP contribution in [0.1, 0.15) is 40.0 Å². The van der Waals surface area contributed by atoms with Crippen molar-refractivity contribution in [3.05, 3.63) is 0 Å². The molecule has 0 radical (unpaired) electrons. The van der Waals surface area contributed by atoms with E-state index in [0.29, 0.717) is 0 Å². The van der Waals surface area contributed by atoms with Gasteiger partial charge in [0.15, 0.2) is 6.61 Å². The maximum atomic E-state index is 11.7. The topological polar surface area (TPSA) is 55.8 Å². The Morgan fingerprint density at radius 1 is 1.12 bits per heavy atom. The second-order valence-corrected chi connectivity index (χ2v) is 5.19. The molecule has 98 valence electrons. The maximum Gasteiger partial charge on any atom is 0.509 e. The fourth-order valence-electron chi connectivity index (χ4n) is 1.63. The first-order chi connectivity index (χ1) is 7.88. The van der Waals surface area contributed by atoms with Crippen LogP contribution in [0.5, 0.6) is 0 Å². The van der Waals surface area contributed by atoms with Crippen LogP contribution in [0, 0.1) is 0 Å². The molecular weight excluding hydrogens is 222 g/mol. The van der Waals surface area contributed by atoms with Crippen LogP contribution in [-0.2, 0) is 14.3 Å². The fourth-order valence-corrected chi connectivity index (χ4v) is 1.63. The maximum absolute atomic E-state index is 11.7. The molecule has 0 atom stereocenters. The molecule has 0 aromatic heterocycles. The zero-order valence-electron chi connectivity index (χ0n) is 10.8. The monoisotopic (exact) mass is 243 g/mol. The van der Waals surface area contributed by atoms with Crippen molar-refractivity contribution in [2.24, 2.45) is 0 Å². The number of amides is 1. The van der Waals surface area contributed by atoms with Crippen molar-refractivity contribution in [1.29, 1.82) is 0 Å². The van der Waals surface area contributed by atoms with Crippen molar-refractivity contribution in [2.45, 2.75) is 45.6 Å². The molecule has 1 saturated heterocycles. The van der Waals surface area contributed by atoms with Crippen molar-refractivity contribution in [1.82, 2.24) is 4.90 Å². The van der Waals surface area contributed by atoms with Crippen molar-refractivity contribution in [3.8, 4) is 0 Å². The normalized spacial score (nSPS) is 16.5. The Morgan fingerprint density at radius 2 is 1.71 bits per heavy atom. The summed E-state index contributed by atoms with van der Waals surface area (Å²) in [6.07, 6.45) is 2.43. The number of hydrogen-bond acceptors (Lipinski definition) is 4. The van der Waals surface area contributed by atoms with E-state index in [0.717, 1.165) is 32.4 Å². The lowest BCUT2D eigenvalue weighted by molar-refractivity contribution is -0.136. The highest BCUT2D eigenvalue weighted by molar-refractivity contribution is 5.79. The highest BCUT2D eigenvalue weighted by atomic mass is 16.7. The summed E-state index contributed by atoms with van der Waals surface area (Å²) in [7, 11) is 0. The predicted molar refractivity (Wildman–Crippen MR) is 62.6 cm³/mol. The van der Waals surface area contributed by atoms with Gasteiger partial charge in [0.25, 0.3) is 5.91 Å². The van der Waals surface area contributed by atoms with E-state index in [1.165, 1.54) is 0 Å². The SMILES string of the molecule is CC(C)(C)OC(=O)OCC(=O)N1CCCCC1. The van der Waals surface area contributed by atoms with Crippen LogP contribution in [0.4, 0.5) is 4.79 Å². The summed E-state index contributed by atoms with van der Waals surface area (Å²) < 4.78 is 9.72. The lowest BCUT2D eigenvalue weighted by atomic mass is 10.1. The molecule has 5 heteroatoms. The third kappa shape index (κ3) is 5.56. The highest BCUT2D eigenvalue weighted by Crippen LogP contribution is 2.10. The highest BCUT2D eigenvalue weighted by Gasteiger charge is 2.21. The Kier molecular flexibility index (Phi) is 4.78. The third-order valence-corrected chi connectivity index (χ3v) is 2.41. The van der Waals surface area contributed by atoms with Gasteiger partial charge < -0.3 is 14.4 Å². The smallest absolute Gasteiger partial charge is 0.429 e. The van der Waals surface area contributed by atoms with Gasteiger partial charge in [-0.15, -0.1) is 0 Å². The molecule has 0 aromatic carbocycles. The van der Waals surface area contributed by atoms with Crippen LogP contribution < -0.4 is 0 Å². The van der Waals surface area contributed by atoms with E-state index in [1.54, 1.807) is 25.7 Å². The van der Waals surface area contributed by atoms with Crippen molar-refractivity contribution >= 4 is 12.1 Å². The van der Waals surface area contributed by atoms with Gasteiger partial charge in [-0.05, 0) is 40.0 Å². The van der Waals surface area contributed by atoms with Crippen LogP contribution in [-0.4, -0.2) is 42.3 Å². The fraction of sp³-hybridized carbons (Fsp3) is 0.833. The average molecular weight is 243 g/mol. The summed E-state index contributed by atoms with van der Waals surface area (Å²) in [5.74, 6) is -0.143. The van der Waals surface area contributed by atoms with Gasteiger partial charge in [0.2, 0.25) is 0 Å². The number of piperidine rings is 1. The molecule has 1 aliphatic heterocycles. The van der Waals surface area contributed by atoms with Crippen LogP contribution in [0.15, 0.2) is 0 Å². The Hall–Kier alpha value is -1.26. The minimum absolute atomic E-state index is 0.143. The number of hydrogen-bond donors (Lipinski definition) is 0. The molecule has 5 nitrogen and oxygen atoms in total. The van der Waals surface area contributed by atoms with Gasteiger partial charge in [-0.3, -0.25) is 4.79 Å². The number of likely N-dealkylation sites (tertiary alicyclic amines) is 1. The van der Waals surface area contributed by atoms with E-state index in [2.05, 4.69) is 0 Å². The first-order valence-electron chi connectivity index (χ1n) is 6.02. The summed E-state index contributed by atoms with van der Waals surface area (Å²) in [6.45, 7) is 6.55. The molecule has 1 rings (SSSR count). The van der Waals surface area contributed by atoms with E-state index in [-0.39, 0.29) is 12.5 Å². The van der Waals surface area contributed by atoms with Gasteiger partial charge >= 0.3 is 6.16 Å². The number of carbonyl (C=O) groups excluding carboxylic acids is 2. The number of ether oxygens (including phenoxy) is 2. The molecule has 0 spiro atoms. The Bertz CT molecular complexity index is 277. The lowest BCUT2D eigenvalue weighted by Crippen LogP contribution is -2.38. The Morgan fingerprint density at radius 3 is 2.24 bits per heavy atom. The van der Waals surface area contributed by atoms with E-state index in [1.807, 2.05) is 0 Å². The van der Waals surface area contributed by atoms with Gasteiger partial charge in [0, 0.05) is 13.1 Å². The van der Waals surface area contributed by atoms with Crippen molar-refractivity contribution in [2.75, 3.05) is 19.7 Å². The van der Waals surface area contributed by atoms with E-state index >= 15 is 0 Å². The quantitative estimate of drug-likeness (QED) is 0.696. The summed E-state index contributed by atoms with van der Waals surface area (Å²) >= 11 is 0. The summed E-state index contributed by atoms with van der Waals surface area (Å²) in [4.78, 5) is 24.6. The number of nitrogens with zero attached hydrogens (tertiary/aromatic N) is 1. The average Bonchev–Trinajstić information content (AvgIpc) is 2.25. The molecule has 1 aliphatic rings. The van der Waals surface area contributed by atoms with Crippen molar-refractivity contribution < 1.29 is 19.1 Å². The van der Waals surface area contributed by atoms with Crippen LogP contribution in [0.2, 0.25) is 0 Å². The van der Waals surface area contributed by atoms with Gasteiger partial charge in [-0.25, -0.2) is 4.79 Å². The van der Waals surface area contributed by atoms with Crippen LogP contribution in [0.3, 0.4) is 0 Å². The summed E-state index contributed by atoms with van der Waals surface area (Å²) in [5.41, 5.74) is -0.592. The van der Waals surface area contributed by atoms with Gasteiger partial charge in [0.05, 0.1) is 0 Å². The molecule has 0 saturated carbocycles.